The fourth-order valence-corrected chi connectivity index (χ4v) is 3.58. The van der Waals surface area contributed by atoms with Gasteiger partial charge < -0.3 is 24.1 Å². The van der Waals surface area contributed by atoms with E-state index in [0.717, 1.165) is 11.6 Å². The number of nitrogens with one attached hydrogen (secondary N) is 1. The van der Waals surface area contributed by atoms with E-state index < -0.39 is 17.5 Å². The molecule has 2 aromatic carbocycles. The van der Waals surface area contributed by atoms with Gasteiger partial charge in [-0.15, -0.1) is 0 Å². The van der Waals surface area contributed by atoms with E-state index in [1.54, 1.807) is 18.2 Å². The van der Waals surface area contributed by atoms with Gasteiger partial charge in [0.25, 0.3) is 0 Å². The molecule has 0 saturated carbocycles. The minimum atomic E-state index is -1.14. The molecule has 166 valence electrons. The molecule has 3 aromatic rings. The lowest BCUT2D eigenvalue weighted by atomic mass is 9.98. The number of nitrogens with zero attached hydrogens (tertiary/aromatic N) is 1. The molecule has 1 aromatic heterocycles. The highest BCUT2D eigenvalue weighted by Crippen LogP contribution is 2.37. The predicted molar refractivity (Wildman–Crippen MR) is 111 cm³/mol. The minimum absolute atomic E-state index is 0.168. The van der Waals surface area contributed by atoms with Crippen LogP contribution in [0.25, 0.3) is 0 Å². The van der Waals surface area contributed by atoms with Crippen molar-refractivity contribution in [3.8, 4) is 17.2 Å². The third-order valence-electron chi connectivity index (χ3n) is 5.16. The van der Waals surface area contributed by atoms with Crippen molar-refractivity contribution in [2.24, 2.45) is 0 Å². The molecule has 7 nitrogen and oxygen atoms in total. The van der Waals surface area contributed by atoms with Gasteiger partial charge >= 0.3 is 0 Å². The van der Waals surface area contributed by atoms with Gasteiger partial charge in [0.05, 0.1) is 25.6 Å². The highest BCUT2D eigenvalue weighted by molar-refractivity contribution is 5.95. The molecule has 1 fully saturated rings. The van der Waals surface area contributed by atoms with Gasteiger partial charge in [-0.05, 0) is 29.8 Å². The number of rotatable bonds is 7. The molecule has 32 heavy (non-hydrogen) atoms. The monoisotopic (exact) mass is 442 g/mol. The molecule has 0 unspecified atom stereocenters. The molecule has 2 amide bonds. The SMILES string of the molecule is COc1ccc([C@@H]2CC(=O)N(CC(=O)Nc3cccc(F)c3F)C2)cc1Oc1ccoc1. The van der Waals surface area contributed by atoms with Gasteiger partial charge in [0, 0.05) is 24.9 Å². The van der Waals surface area contributed by atoms with E-state index in [1.165, 1.54) is 36.7 Å². The van der Waals surface area contributed by atoms with Crippen molar-refractivity contribution in [2.75, 3.05) is 25.5 Å². The molecule has 1 aliphatic rings. The van der Waals surface area contributed by atoms with Gasteiger partial charge in [-0.3, -0.25) is 9.59 Å². The van der Waals surface area contributed by atoms with Crippen molar-refractivity contribution in [1.29, 1.82) is 0 Å². The molecule has 0 radical (unpaired) electrons. The molecule has 4 rings (SSSR count). The summed E-state index contributed by atoms with van der Waals surface area (Å²) in [6.07, 6.45) is 3.14. The molecule has 1 aliphatic heterocycles. The third kappa shape index (κ3) is 4.56. The zero-order valence-electron chi connectivity index (χ0n) is 17.1. The second-order valence-corrected chi connectivity index (χ2v) is 7.30. The lowest BCUT2D eigenvalue weighted by Crippen LogP contribution is -2.34. The number of methoxy groups -OCH3 is 1. The minimum Gasteiger partial charge on any atom is -0.493 e. The molecule has 1 saturated heterocycles. The van der Waals surface area contributed by atoms with E-state index in [9.17, 15) is 18.4 Å². The van der Waals surface area contributed by atoms with Gasteiger partial charge in [0.1, 0.15) is 6.26 Å². The fraction of sp³-hybridized carbons (Fsp3) is 0.217. The molecule has 1 N–H and O–H groups in total. The van der Waals surface area contributed by atoms with Crippen LogP contribution in [0.2, 0.25) is 0 Å². The van der Waals surface area contributed by atoms with Crippen LogP contribution in [0.15, 0.2) is 59.4 Å². The van der Waals surface area contributed by atoms with Crippen molar-refractivity contribution in [3.05, 3.63) is 72.2 Å². The maximum absolute atomic E-state index is 13.8. The first-order valence-electron chi connectivity index (χ1n) is 9.84. The number of hydrogen-bond donors (Lipinski definition) is 1. The number of hydrogen-bond acceptors (Lipinski definition) is 5. The lowest BCUT2D eigenvalue weighted by Gasteiger charge is -2.17. The lowest BCUT2D eigenvalue weighted by molar-refractivity contribution is -0.131. The van der Waals surface area contributed by atoms with Crippen molar-refractivity contribution in [3.63, 3.8) is 0 Å². The normalized spacial score (nSPS) is 15.7. The smallest absolute Gasteiger partial charge is 0.244 e. The zero-order chi connectivity index (χ0) is 22.7. The van der Waals surface area contributed by atoms with Crippen LogP contribution in [0, 0.1) is 11.6 Å². The van der Waals surface area contributed by atoms with Crippen LogP contribution in [-0.4, -0.2) is 36.9 Å². The van der Waals surface area contributed by atoms with Crippen LogP contribution in [0.4, 0.5) is 14.5 Å². The quantitative estimate of drug-likeness (QED) is 0.590. The van der Waals surface area contributed by atoms with Gasteiger partial charge in [0.2, 0.25) is 11.8 Å². The van der Waals surface area contributed by atoms with Crippen LogP contribution < -0.4 is 14.8 Å². The number of benzene rings is 2. The Kier molecular flexibility index (Phi) is 6.07. The summed E-state index contributed by atoms with van der Waals surface area (Å²) >= 11 is 0. The first-order valence-corrected chi connectivity index (χ1v) is 9.84. The van der Waals surface area contributed by atoms with Crippen molar-refractivity contribution in [1.82, 2.24) is 4.90 Å². The molecule has 0 aliphatic carbocycles. The summed E-state index contributed by atoms with van der Waals surface area (Å²) in [4.78, 5) is 26.2. The highest BCUT2D eigenvalue weighted by Gasteiger charge is 2.32. The molecule has 0 spiro atoms. The molecule has 1 atom stereocenters. The Balaban J connectivity index is 1.44. The summed E-state index contributed by atoms with van der Waals surface area (Å²) in [5.74, 6) is -1.70. The van der Waals surface area contributed by atoms with Gasteiger partial charge in [-0.25, -0.2) is 8.78 Å². The van der Waals surface area contributed by atoms with Crippen molar-refractivity contribution >= 4 is 17.5 Å². The van der Waals surface area contributed by atoms with Crippen LogP contribution in [-0.2, 0) is 9.59 Å². The average Bonchev–Trinajstić information content (AvgIpc) is 3.41. The van der Waals surface area contributed by atoms with E-state index in [-0.39, 0.29) is 30.5 Å². The predicted octanol–water partition coefficient (Wildman–Crippen LogP) is 4.31. The van der Waals surface area contributed by atoms with Gasteiger partial charge in [0.15, 0.2) is 28.9 Å². The average molecular weight is 442 g/mol. The number of ether oxygens (including phenoxy) is 2. The van der Waals surface area contributed by atoms with Crippen LogP contribution in [0.5, 0.6) is 17.2 Å². The standard InChI is InChI=1S/C23H20F2N2O5/c1-30-19-6-5-14(9-20(19)32-16-7-8-31-13-16)15-10-22(29)27(11-15)12-21(28)26-18-4-2-3-17(24)23(18)25/h2-9,13,15H,10-12H2,1H3,(H,26,28)/t15-/m1/s1. The van der Waals surface area contributed by atoms with Crippen LogP contribution in [0.1, 0.15) is 17.9 Å². The number of furan rings is 1. The number of carbonyl (C=O) groups is 2. The topological polar surface area (TPSA) is 81.0 Å². The van der Waals surface area contributed by atoms with E-state index in [2.05, 4.69) is 5.32 Å². The summed E-state index contributed by atoms with van der Waals surface area (Å²) in [7, 11) is 1.53. The second kappa shape index (κ2) is 9.09. The van der Waals surface area contributed by atoms with Crippen LogP contribution in [0.3, 0.4) is 0 Å². The number of halogens is 2. The van der Waals surface area contributed by atoms with Crippen molar-refractivity contribution in [2.45, 2.75) is 12.3 Å². The first-order chi connectivity index (χ1) is 15.4. The number of carbonyl (C=O) groups excluding carboxylic acids is 2. The Bertz CT molecular complexity index is 1130. The van der Waals surface area contributed by atoms with Gasteiger partial charge in [-0.1, -0.05) is 12.1 Å². The van der Waals surface area contributed by atoms with E-state index in [4.69, 9.17) is 13.9 Å². The Morgan fingerprint density at radius 1 is 1.22 bits per heavy atom. The number of likely N-dealkylation sites (tertiary alicyclic amines) is 1. The summed E-state index contributed by atoms with van der Waals surface area (Å²) in [5, 5.41) is 2.31. The molecule has 9 heteroatoms. The van der Waals surface area contributed by atoms with Crippen molar-refractivity contribution < 1.29 is 32.3 Å². The Morgan fingerprint density at radius 2 is 2.06 bits per heavy atom. The summed E-state index contributed by atoms with van der Waals surface area (Å²) < 4.78 is 43.2. The van der Waals surface area contributed by atoms with E-state index in [0.29, 0.717) is 23.8 Å². The largest absolute Gasteiger partial charge is 0.493 e. The first kappa shape index (κ1) is 21.4. The number of anilines is 1. The molecular formula is C23H20F2N2O5. The number of amides is 2. The van der Waals surface area contributed by atoms with E-state index >= 15 is 0 Å². The molecule has 0 bridgehead atoms. The van der Waals surface area contributed by atoms with E-state index in [1.807, 2.05) is 6.07 Å². The summed E-state index contributed by atoms with van der Waals surface area (Å²) in [6.45, 7) is 0.0369. The Hall–Kier alpha value is -3.88. The zero-order valence-corrected chi connectivity index (χ0v) is 17.1. The Labute approximate surface area is 182 Å². The third-order valence-corrected chi connectivity index (χ3v) is 5.16. The van der Waals surface area contributed by atoms with Crippen LogP contribution >= 0.6 is 0 Å². The Morgan fingerprint density at radius 3 is 2.81 bits per heavy atom. The summed E-state index contributed by atoms with van der Waals surface area (Å²) in [6, 6.07) is 10.5. The summed E-state index contributed by atoms with van der Waals surface area (Å²) in [5.41, 5.74) is 0.575. The maximum Gasteiger partial charge on any atom is 0.244 e. The molecular weight excluding hydrogens is 422 g/mol. The second-order valence-electron chi connectivity index (χ2n) is 7.30. The highest BCUT2D eigenvalue weighted by atomic mass is 19.2. The molecule has 2 heterocycles. The van der Waals surface area contributed by atoms with Gasteiger partial charge in [-0.2, -0.15) is 0 Å². The maximum atomic E-state index is 13.8. The fourth-order valence-electron chi connectivity index (χ4n) is 3.58.